The minimum absolute atomic E-state index is 0.664. The van der Waals surface area contributed by atoms with Gasteiger partial charge in [0.2, 0.25) is 0 Å². The number of halogens is 1. The van der Waals surface area contributed by atoms with Crippen LogP contribution in [0.5, 0.6) is 0 Å². The molecule has 0 fully saturated rings. The van der Waals surface area contributed by atoms with Crippen LogP contribution in [0.3, 0.4) is 0 Å². The minimum atomic E-state index is 0.664. The summed E-state index contributed by atoms with van der Waals surface area (Å²) >= 11 is 6.14. The van der Waals surface area contributed by atoms with E-state index in [0.29, 0.717) is 10.8 Å². The average Bonchev–Trinajstić information content (AvgIpc) is 3.10. The second kappa shape index (κ2) is 7.32. The van der Waals surface area contributed by atoms with Crippen LogP contribution in [-0.2, 0) is 6.42 Å². The number of hydrogen-bond acceptors (Lipinski definition) is 5. The van der Waals surface area contributed by atoms with Gasteiger partial charge in [0, 0.05) is 31.0 Å². The van der Waals surface area contributed by atoms with E-state index in [1.807, 2.05) is 69.0 Å². The number of hydrogen-bond donors (Lipinski definition) is 0. The normalized spacial score (nSPS) is 11.1. The summed E-state index contributed by atoms with van der Waals surface area (Å²) in [6.45, 7) is 2.73. The van der Waals surface area contributed by atoms with Crippen molar-refractivity contribution in [1.29, 1.82) is 0 Å². The molecule has 0 atom stereocenters. The molecule has 7 heteroatoms. The Bertz CT molecular complexity index is 1080. The van der Waals surface area contributed by atoms with E-state index < -0.39 is 0 Å². The highest BCUT2D eigenvalue weighted by molar-refractivity contribution is 6.30. The Hall–Kier alpha value is -2.99. The molecule has 3 heterocycles. The van der Waals surface area contributed by atoms with Crippen LogP contribution < -0.4 is 4.90 Å². The number of pyridine rings is 1. The molecule has 0 aliphatic carbocycles. The maximum Gasteiger partial charge on any atom is 0.168 e. The molecule has 0 saturated heterocycles. The second-order valence-electron chi connectivity index (χ2n) is 6.39. The number of fused-ring (bicyclic) bond motifs is 1. The fourth-order valence-corrected chi connectivity index (χ4v) is 3.22. The average molecular weight is 379 g/mol. The van der Waals surface area contributed by atoms with E-state index in [4.69, 9.17) is 11.6 Å². The standard InChI is InChI=1S/C20H19ClN6/c1-14-24-19(26(2)11-8-15-6-9-22-10-7-15)18-13-23-27(20(18)25-14)17-5-3-4-16(21)12-17/h3-7,9-10,12-13H,8,11H2,1-2H3. The molecule has 4 rings (SSSR count). The van der Waals surface area contributed by atoms with Crippen molar-refractivity contribution in [2.75, 3.05) is 18.5 Å². The van der Waals surface area contributed by atoms with E-state index >= 15 is 0 Å². The van der Waals surface area contributed by atoms with Crippen molar-refractivity contribution in [2.24, 2.45) is 0 Å². The topological polar surface area (TPSA) is 59.7 Å². The summed E-state index contributed by atoms with van der Waals surface area (Å²) in [5.41, 5.74) is 2.89. The lowest BCUT2D eigenvalue weighted by atomic mass is 10.2. The third-order valence-electron chi connectivity index (χ3n) is 4.42. The molecule has 4 aromatic rings. The van der Waals surface area contributed by atoms with Crippen molar-refractivity contribution >= 4 is 28.5 Å². The first-order valence-electron chi connectivity index (χ1n) is 8.70. The molecule has 0 aliphatic heterocycles. The summed E-state index contributed by atoms with van der Waals surface area (Å²) in [5, 5.41) is 6.11. The van der Waals surface area contributed by atoms with Crippen molar-refractivity contribution in [1.82, 2.24) is 24.7 Å². The zero-order valence-corrected chi connectivity index (χ0v) is 15.9. The number of aromatic nitrogens is 5. The third-order valence-corrected chi connectivity index (χ3v) is 4.65. The van der Waals surface area contributed by atoms with Gasteiger partial charge in [-0.2, -0.15) is 5.10 Å². The molecular formula is C20H19ClN6. The van der Waals surface area contributed by atoms with Crippen LogP contribution in [0.2, 0.25) is 5.02 Å². The van der Waals surface area contributed by atoms with E-state index in [2.05, 4.69) is 25.0 Å². The molecule has 6 nitrogen and oxygen atoms in total. The molecule has 0 spiro atoms. The third kappa shape index (κ3) is 3.61. The monoisotopic (exact) mass is 378 g/mol. The molecule has 0 bridgehead atoms. The molecule has 3 aromatic heterocycles. The maximum atomic E-state index is 6.14. The predicted molar refractivity (Wildman–Crippen MR) is 108 cm³/mol. The largest absolute Gasteiger partial charge is 0.359 e. The van der Waals surface area contributed by atoms with Crippen LogP contribution in [0.15, 0.2) is 55.0 Å². The SMILES string of the molecule is Cc1nc(N(C)CCc2ccncc2)c2cnn(-c3cccc(Cl)c3)c2n1. The predicted octanol–water partition coefficient (Wildman–Crippen LogP) is 3.85. The quantitative estimate of drug-likeness (QED) is 0.528. The van der Waals surface area contributed by atoms with Gasteiger partial charge in [0.05, 0.1) is 17.3 Å². The highest BCUT2D eigenvalue weighted by Gasteiger charge is 2.15. The molecule has 0 radical (unpaired) electrons. The van der Waals surface area contributed by atoms with Gasteiger partial charge in [0.1, 0.15) is 11.6 Å². The van der Waals surface area contributed by atoms with Gasteiger partial charge in [-0.15, -0.1) is 0 Å². The number of anilines is 1. The first-order chi connectivity index (χ1) is 13.1. The summed E-state index contributed by atoms with van der Waals surface area (Å²) < 4.78 is 1.80. The van der Waals surface area contributed by atoms with Crippen molar-refractivity contribution < 1.29 is 0 Å². The van der Waals surface area contributed by atoms with Crippen LogP contribution in [0.4, 0.5) is 5.82 Å². The zero-order valence-electron chi connectivity index (χ0n) is 15.2. The Morgan fingerprint density at radius 3 is 2.70 bits per heavy atom. The van der Waals surface area contributed by atoms with Crippen LogP contribution in [-0.4, -0.2) is 38.3 Å². The second-order valence-corrected chi connectivity index (χ2v) is 6.83. The maximum absolute atomic E-state index is 6.14. The fourth-order valence-electron chi connectivity index (χ4n) is 3.04. The van der Waals surface area contributed by atoms with Gasteiger partial charge < -0.3 is 4.90 Å². The Kier molecular flexibility index (Phi) is 4.73. The lowest BCUT2D eigenvalue weighted by Crippen LogP contribution is -2.22. The summed E-state index contributed by atoms with van der Waals surface area (Å²) in [6.07, 6.45) is 6.36. The van der Waals surface area contributed by atoms with Gasteiger partial charge >= 0.3 is 0 Å². The Morgan fingerprint density at radius 1 is 1.11 bits per heavy atom. The molecule has 0 N–H and O–H groups in total. The van der Waals surface area contributed by atoms with Gasteiger partial charge in [-0.25, -0.2) is 14.6 Å². The van der Waals surface area contributed by atoms with Crippen molar-refractivity contribution in [2.45, 2.75) is 13.3 Å². The molecule has 0 aliphatic rings. The first kappa shape index (κ1) is 17.4. The first-order valence-corrected chi connectivity index (χ1v) is 9.08. The van der Waals surface area contributed by atoms with Crippen LogP contribution in [0, 0.1) is 6.92 Å². The van der Waals surface area contributed by atoms with Crippen molar-refractivity contribution in [3.8, 4) is 5.69 Å². The van der Waals surface area contributed by atoms with Crippen molar-refractivity contribution in [3.05, 3.63) is 71.4 Å². The number of aryl methyl sites for hydroxylation is 1. The summed E-state index contributed by atoms with van der Waals surface area (Å²) in [7, 11) is 2.04. The van der Waals surface area contributed by atoms with Gasteiger partial charge in [0.15, 0.2) is 5.65 Å². The number of benzene rings is 1. The fraction of sp³-hybridized carbons (Fsp3) is 0.200. The summed E-state index contributed by atoms with van der Waals surface area (Å²) in [6, 6.07) is 11.6. The number of rotatable bonds is 5. The van der Waals surface area contributed by atoms with Crippen LogP contribution in [0.25, 0.3) is 16.7 Å². The summed E-state index contributed by atoms with van der Waals surface area (Å²) in [4.78, 5) is 15.5. The van der Waals surface area contributed by atoms with Crippen LogP contribution >= 0.6 is 11.6 Å². The van der Waals surface area contributed by atoms with Gasteiger partial charge in [-0.1, -0.05) is 17.7 Å². The van der Waals surface area contributed by atoms with E-state index in [0.717, 1.165) is 35.5 Å². The van der Waals surface area contributed by atoms with Crippen molar-refractivity contribution in [3.63, 3.8) is 0 Å². The molecule has 1 aromatic carbocycles. The minimum Gasteiger partial charge on any atom is -0.359 e. The molecule has 136 valence electrons. The highest BCUT2D eigenvalue weighted by atomic mass is 35.5. The van der Waals surface area contributed by atoms with Gasteiger partial charge in [0.25, 0.3) is 0 Å². The van der Waals surface area contributed by atoms with E-state index in [1.54, 1.807) is 4.68 Å². The molecule has 0 amide bonds. The summed E-state index contributed by atoms with van der Waals surface area (Å²) in [5.74, 6) is 1.58. The highest BCUT2D eigenvalue weighted by Crippen LogP contribution is 2.26. The lowest BCUT2D eigenvalue weighted by molar-refractivity contribution is 0.851. The number of nitrogens with zero attached hydrogens (tertiary/aromatic N) is 6. The smallest absolute Gasteiger partial charge is 0.168 e. The molecule has 0 unspecified atom stereocenters. The van der Waals surface area contributed by atoms with E-state index in [1.165, 1.54) is 5.56 Å². The Labute approximate surface area is 162 Å². The zero-order chi connectivity index (χ0) is 18.8. The molecular weight excluding hydrogens is 360 g/mol. The Morgan fingerprint density at radius 2 is 1.93 bits per heavy atom. The molecule has 0 saturated carbocycles. The van der Waals surface area contributed by atoms with Gasteiger partial charge in [-0.05, 0) is 49.2 Å². The Balaban J connectivity index is 1.69. The lowest BCUT2D eigenvalue weighted by Gasteiger charge is -2.19. The van der Waals surface area contributed by atoms with Gasteiger partial charge in [-0.3, -0.25) is 4.98 Å². The van der Waals surface area contributed by atoms with E-state index in [-0.39, 0.29) is 0 Å². The molecule has 27 heavy (non-hydrogen) atoms. The van der Waals surface area contributed by atoms with Crippen LogP contribution in [0.1, 0.15) is 11.4 Å². The van der Waals surface area contributed by atoms with E-state index in [9.17, 15) is 0 Å². The number of likely N-dealkylation sites (N-methyl/N-ethyl adjacent to an activating group) is 1.